The Kier molecular flexibility index (Phi) is 7.63. The molecule has 32 heavy (non-hydrogen) atoms. The number of thiophene rings is 1. The fourth-order valence-corrected chi connectivity index (χ4v) is 3.62. The summed E-state index contributed by atoms with van der Waals surface area (Å²) in [6, 6.07) is 13.6. The molecular formula is C22H21N3O5S2. The number of benzene rings is 2. The van der Waals surface area contributed by atoms with Gasteiger partial charge >= 0.3 is 0 Å². The Hall–Kier alpha value is -3.63. The van der Waals surface area contributed by atoms with E-state index in [4.69, 9.17) is 26.4 Å². The maximum Gasteiger partial charge on any atom is 0.265 e. The number of anilines is 2. The van der Waals surface area contributed by atoms with Crippen LogP contribution in [-0.4, -0.2) is 38.3 Å². The highest BCUT2D eigenvalue weighted by molar-refractivity contribution is 7.80. The molecule has 10 heteroatoms. The lowest BCUT2D eigenvalue weighted by Gasteiger charge is -2.15. The van der Waals surface area contributed by atoms with Crippen molar-refractivity contribution >= 4 is 51.9 Å². The van der Waals surface area contributed by atoms with E-state index in [1.165, 1.54) is 44.8 Å². The minimum absolute atomic E-state index is 0.110. The molecule has 0 bridgehead atoms. The van der Waals surface area contributed by atoms with Crippen molar-refractivity contribution in [2.75, 3.05) is 32.0 Å². The number of hydrogen-bond donors (Lipinski definition) is 3. The second-order valence-electron chi connectivity index (χ2n) is 6.33. The third-order valence-electron chi connectivity index (χ3n) is 4.30. The molecule has 0 fully saturated rings. The second-order valence-corrected chi connectivity index (χ2v) is 7.69. The van der Waals surface area contributed by atoms with E-state index < -0.39 is 5.91 Å². The average molecular weight is 472 g/mol. The molecule has 0 unspecified atom stereocenters. The standard InChI is InChI=1S/C22H21N3O5S2/c1-28-16-11-13(12-17(29-2)19(16)30-3)20(26)25-22(31)24-15-8-6-14(7-9-15)23-21(27)18-5-4-10-32-18/h4-12H,1-3H3,(H,23,27)(H2,24,25,26,31). The first kappa shape index (κ1) is 23.0. The van der Waals surface area contributed by atoms with Gasteiger partial charge in [-0.1, -0.05) is 6.07 Å². The first-order valence-corrected chi connectivity index (χ1v) is 10.6. The van der Waals surface area contributed by atoms with Gasteiger partial charge in [-0.15, -0.1) is 11.3 Å². The van der Waals surface area contributed by atoms with Crippen LogP contribution in [0.3, 0.4) is 0 Å². The molecule has 3 N–H and O–H groups in total. The number of carbonyl (C=O) groups is 2. The van der Waals surface area contributed by atoms with E-state index in [0.29, 0.717) is 33.5 Å². The largest absolute Gasteiger partial charge is 0.493 e. The molecular weight excluding hydrogens is 450 g/mol. The van der Waals surface area contributed by atoms with Crippen molar-refractivity contribution in [2.24, 2.45) is 0 Å². The normalized spacial score (nSPS) is 10.1. The van der Waals surface area contributed by atoms with Crippen molar-refractivity contribution in [1.29, 1.82) is 0 Å². The lowest BCUT2D eigenvalue weighted by Crippen LogP contribution is -2.34. The molecule has 166 valence electrons. The summed E-state index contributed by atoms with van der Waals surface area (Å²) in [5, 5.41) is 10.3. The van der Waals surface area contributed by atoms with Crippen molar-refractivity contribution in [3.63, 3.8) is 0 Å². The Labute approximate surface area is 194 Å². The third kappa shape index (κ3) is 5.54. The summed E-state index contributed by atoms with van der Waals surface area (Å²) in [4.78, 5) is 25.4. The minimum atomic E-state index is -0.443. The van der Waals surface area contributed by atoms with Gasteiger partial charge in [-0.3, -0.25) is 14.9 Å². The van der Waals surface area contributed by atoms with Gasteiger partial charge in [0, 0.05) is 16.9 Å². The van der Waals surface area contributed by atoms with Gasteiger partial charge in [-0.25, -0.2) is 0 Å². The summed E-state index contributed by atoms with van der Waals surface area (Å²) in [5.74, 6) is 0.487. The summed E-state index contributed by atoms with van der Waals surface area (Å²) >= 11 is 6.61. The summed E-state index contributed by atoms with van der Waals surface area (Å²) in [6.45, 7) is 0. The zero-order chi connectivity index (χ0) is 23.1. The quantitative estimate of drug-likeness (QED) is 0.445. The molecule has 0 atom stereocenters. The fourth-order valence-electron chi connectivity index (χ4n) is 2.79. The SMILES string of the molecule is COc1cc(C(=O)NC(=S)Nc2ccc(NC(=O)c3cccs3)cc2)cc(OC)c1OC. The predicted octanol–water partition coefficient (Wildman–Crippen LogP) is 4.15. The Bertz CT molecular complexity index is 1090. The van der Waals surface area contributed by atoms with Crippen LogP contribution < -0.4 is 30.2 Å². The Balaban J connectivity index is 1.62. The topological polar surface area (TPSA) is 97.9 Å². The minimum Gasteiger partial charge on any atom is -0.493 e. The first-order chi connectivity index (χ1) is 15.4. The number of thiocarbonyl (C=S) groups is 1. The number of hydrogen-bond acceptors (Lipinski definition) is 7. The van der Waals surface area contributed by atoms with Crippen molar-refractivity contribution in [1.82, 2.24) is 5.32 Å². The van der Waals surface area contributed by atoms with Gasteiger partial charge in [0.2, 0.25) is 5.75 Å². The zero-order valence-electron chi connectivity index (χ0n) is 17.6. The molecule has 0 saturated heterocycles. The molecule has 8 nitrogen and oxygen atoms in total. The van der Waals surface area contributed by atoms with Crippen LogP contribution in [0.15, 0.2) is 53.9 Å². The molecule has 0 saturated carbocycles. The lowest BCUT2D eigenvalue weighted by molar-refractivity contribution is 0.0975. The van der Waals surface area contributed by atoms with Crippen molar-refractivity contribution in [3.05, 3.63) is 64.4 Å². The highest BCUT2D eigenvalue weighted by atomic mass is 32.1. The first-order valence-electron chi connectivity index (χ1n) is 9.32. The van der Waals surface area contributed by atoms with Crippen molar-refractivity contribution in [3.8, 4) is 17.2 Å². The van der Waals surface area contributed by atoms with Gasteiger partial charge in [-0.2, -0.15) is 0 Å². The summed E-state index contributed by atoms with van der Waals surface area (Å²) in [6.07, 6.45) is 0. The summed E-state index contributed by atoms with van der Waals surface area (Å²) in [5.41, 5.74) is 1.57. The number of amides is 2. The molecule has 3 aromatic rings. The molecule has 0 radical (unpaired) electrons. The van der Waals surface area contributed by atoms with Gasteiger partial charge in [0.1, 0.15) is 0 Å². The lowest BCUT2D eigenvalue weighted by atomic mass is 10.1. The highest BCUT2D eigenvalue weighted by Crippen LogP contribution is 2.38. The molecule has 0 spiro atoms. The molecule has 1 aromatic heterocycles. The number of methoxy groups -OCH3 is 3. The smallest absolute Gasteiger partial charge is 0.265 e. The second kappa shape index (κ2) is 10.6. The van der Waals surface area contributed by atoms with E-state index in [1.807, 2.05) is 11.4 Å². The molecule has 0 aliphatic rings. The number of ether oxygens (including phenoxy) is 3. The maximum atomic E-state index is 12.6. The summed E-state index contributed by atoms with van der Waals surface area (Å²) in [7, 11) is 4.42. The molecule has 2 aromatic carbocycles. The van der Waals surface area contributed by atoms with Crippen LogP contribution in [0.2, 0.25) is 0 Å². The van der Waals surface area contributed by atoms with E-state index in [-0.39, 0.29) is 16.6 Å². The monoisotopic (exact) mass is 471 g/mol. The number of carbonyl (C=O) groups excluding carboxylic acids is 2. The number of rotatable bonds is 7. The Morgan fingerprint density at radius 1 is 0.844 bits per heavy atom. The Morgan fingerprint density at radius 3 is 1.94 bits per heavy atom. The van der Waals surface area contributed by atoms with E-state index in [1.54, 1.807) is 30.3 Å². The third-order valence-corrected chi connectivity index (χ3v) is 5.37. The van der Waals surface area contributed by atoms with Gasteiger partial charge < -0.3 is 24.8 Å². The fraction of sp³-hybridized carbons (Fsp3) is 0.136. The zero-order valence-corrected chi connectivity index (χ0v) is 19.2. The van der Waals surface area contributed by atoms with Crippen molar-refractivity contribution < 1.29 is 23.8 Å². The van der Waals surface area contributed by atoms with Crippen LogP contribution in [0.4, 0.5) is 11.4 Å². The highest BCUT2D eigenvalue weighted by Gasteiger charge is 2.17. The maximum absolute atomic E-state index is 12.6. The van der Waals surface area contributed by atoms with Gasteiger partial charge in [0.15, 0.2) is 16.6 Å². The van der Waals surface area contributed by atoms with Crippen LogP contribution in [-0.2, 0) is 0 Å². The van der Waals surface area contributed by atoms with Gasteiger partial charge in [0.25, 0.3) is 11.8 Å². The molecule has 2 amide bonds. The van der Waals surface area contributed by atoms with Crippen molar-refractivity contribution in [2.45, 2.75) is 0 Å². The molecule has 3 rings (SSSR count). The van der Waals surface area contributed by atoms with Crippen LogP contribution in [0, 0.1) is 0 Å². The number of nitrogens with one attached hydrogen (secondary N) is 3. The van der Waals surface area contributed by atoms with E-state index in [2.05, 4.69) is 16.0 Å². The van der Waals surface area contributed by atoms with E-state index in [0.717, 1.165) is 0 Å². The molecule has 0 aliphatic carbocycles. The van der Waals surface area contributed by atoms with Crippen LogP contribution in [0.1, 0.15) is 20.0 Å². The van der Waals surface area contributed by atoms with Crippen LogP contribution in [0.5, 0.6) is 17.2 Å². The molecule has 1 heterocycles. The predicted molar refractivity (Wildman–Crippen MR) is 128 cm³/mol. The van der Waals surface area contributed by atoms with Gasteiger partial charge in [0.05, 0.1) is 26.2 Å². The summed E-state index contributed by atoms with van der Waals surface area (Å²) < 4.78 is 15.8. The average Bonchev–Trinajstić information content (AvgIpc) is 3.34. The van der Waals surface area contributed by atoms with Crippen LogP contribution in [0.25, 0.3) is 0 Å². The molecule has 0 aliphatic heterocycles. The van der Waals surface area contributed by atoms with Crippen LogP contribution >= 0.6 is 23.6 Å². The van der Waals surface area contributed by atoms with E-state index >= 15 is 0 Å². The van der Waals surface area contributed by atoms with E-state index in [9.17, 15) is 9.59 Å². The Morgan fingerprint density at radius 2 is 1.44 bits per heavy atom. The van der Waals surface area contributed by atoms with Gasteiger partial charge in [-0.05, 0) is 60.1 Å².